The van der Waals surface area contributed by atoms with Gasteiger partial charge in [0.25, 0.3) is 0 Å². The molecule has 0 unspecified atom stereocenters. The fraction of sp³-hybridized carbons (Fsp3) is 0.222. The van der Waals surface area contributed by atoms with E-state index in [1.807, 2.05) is 18.3 Å². The number of nitrogens with zero attached hydrogens (tertiary/aromatic N) is 1. The molecule has 3 rings (SSSR count). The molecule has 0 radical (unpaired) electrons. The molecule has 0 N–H and O–H groups in total. The summed E-state index contributed by atoms with van der Waals surface area (Å²) in [7, 11) is 0. The van der Waals surface area contributed by atoms with Gasteiger partial charge in [0.2, 0.25) is 0 Å². The van der Waals surface area contributed by atoms with Crippen molar-refractivity contribution in [1.29, 1.82) is 0 Å². The number of allylic oxidation sites excluding steroid dienone is 5. The van der Waals surface area contributed by atoms with Gasteiger partial charge >= 0.3 is 0 Å². The lowest BCUT2D eigenvalue weighted by Crippen LogP contribution is -2.06. The first-order chi connectivity index (χ1) is 10.2. The minimum Gasteiger partial charge on any atom is -0.347 e. The van der Waals surface area contributed by atoms with Gasteiger partial charge in [-0.25, -0.2) is 4.39 Å². The molecule has 1 aliphatic heterocycles. The SMILES string of the molecule is C=C/C=C(\C(F)=C/C)c1cn2c3c(c(Cl)ccc13)CCC2. The molecule has 0 saturated carbocycles. The Morgan fingerprint density at radius 3 is 2.95 bits per heavy atom. The molecular weight excluding hydrogens is 285 g/mol. The molecule has 21 heavy (non-hydrogen) atoms. The second kappa shape index (κ2) is 5.53. The zero-order valence-electron chi connectivity index (χ0n) is 12.0. The van der Waals surface area contributed by atoms with Crippen molar-refractivity contribution in [3.63, 3.8) is 0 Å². The van der Waals surface area contributed by atoms with Crippen LogP contribution in [0.15, 0.2) is 49.0 Å². The lowest BCUT2D eigenvalue weighted by atomic mass is 9.99. The van der Waals surface area contributed by atoms with Crippen LogP contribution < -0.4 is 0 Å². The van der Waals surface area contributed by atoms with E-state index in [4.69, 9.17) is 11.6 Å². The van der Waals surface area contributed by atoms with E-state index in [0.717, 1.165) is 40.9 Å². The van der Waals surface area contributed by atoms with Crippen LogP contribution >= 0.6 is 11.6 Å². The first-order valence-electron chi connectivity index (χ1n) is 7.13. The molecule has 0 amide bonds. The molecule has 0 spiro atoms. The Morgan fingerprint density at radius 2 is 2.24 bits per heavy atom. The highest BCUT2D eigenvalue weighted by atomic mass is 35.5. The average molecular weight is 302 g/mol. The number of aromatic nitrogens is 1. The normalized spacial score (nSPS) is 15.6. The molecule has 0 aliphatic carbocycles. The van der Waals surface area contributed by atoms with Crippen LogP contribution in [0.1, 0.15) is 24.5 Å². The smallest absolute Gasteiger partial charge is 0.126 e. The Hall–Kier alpha value is -1.80. The second-order valence-electron chi connectivity index (χ2n) is 5.21. The van der Waals surface area contributed by atoms with Gasteiger partial charge in [-0.15, -0.1) is 0 Å². The molecule has 0 fully saturated rings. The third-order valence-corrected chi connectivity index (χ3v) is 4.35. The topological polar surface area (TPSA) is 4.93 Å². The fourth-order valence-corrected chi connectivity index (χ4v) is 3.32. The standard InChI is InChI=1S/C18H17ClFN/c1-3-6-12(17(20)4-2)15-11-21-10-5-7-14-16(19)9-8-13(15)18(14)21/h3-4,6,8-9,11H,1,5,7,10H2,2H3/b12-6-,17-4+. The molecule has 2 heterocycles. The molecule has 2 aromatic rings. The Balaban J connectivity index is 2.33. The molecule has 0 atom stereocenters. The number of hydrogen-bond donors (Lipinski definition) is 0. The highest BCUT2D eigenvalue weighted by Crippen LogP contribution is 2.38. The highest BCUT2D eigenvalue weighted by Gasteiger charge is 2.21. The minimum atomic E-state index is -0.232. The van der Waals surface area contributed by atoms with Gasteiger partial charge in [-0.3, -0.25) is 0 Å². The summed E-state index contributed by atoms with van der Waals surface area (Å²) in [5, 5.41) is 1.85. The van der Waals surface area contributed by atoms with Gasteiger partial charge in [0, 0.05) is 34.3 Å². The van der Waals surface area contributed by atoms with Crippen molar-refractivity contribution < 1.29 is 4.39 Å². The summed E-state index contributed by atoms with van der Waals surface area (Å²) in [6.45, 7) is 6.34. The Bertz CT molecular complexity index is 780. The van der Waals surface area contributed by atoms with E-state index in [2.05, 4.69) is 11.1 Å². The van der Waals surface area contributed by atoms with Gasteiger partial charge < -0.3 is 4.57 Å². The Kier molecular flexibility index (Phi) is 3.73. The van der Waals surface area contributed by atoms with E-state index < -0.39 is 0 Å². The second-order valence-corrected chi connectivity index (χ2v) is 5.62. The van der Waals surface area contributed by atoms with Crippen LogP contribution in [0.5, 0.6) is 0 Å². The van der Waals surface area contributed by atoms with Gasteiger partial charge in [-0.1, -0.05) is 42.5 Å². The predicted molar refractivity (Wildman–Crippen MR) is 88.3 cm³/mol. The summed E-state index contributed by atoms with van der Waals surface area (Å²) in [6.07, 6.45) is 8.90. The first kappa shape index (κ1) is 14.2. The van der Waals surface area contributed by atoms with Gasteiger partial charge in [-0.2, -0.15) is 0 Å². The fourth-order valence-electron chi connectivity index (χ4n) is 3.07. The van der Waals surface area contributed by atoms with Crippen LogP contribution in [0.3, 0.4) is 0 Å². The summed E-state index contributed by atoms with van der Waals surface area (Å²) in [4.78, 5) is 0. The molecule has 3 heteroatoms. The highest BCUT2D eigenvalue weighted by molar-refractivity contribution is 6.32. The van der Waals surface area contributed by atoms with Crippen molar-refractivity contribution in [2.45, 2.75) is 26.3 Å². The van der Waals surface area contributed by atoms with Crippen molar-refractivity contribution in [2.75, 3.05) is 0 Å². The lowest BCUT2D eigenvalue weighted by Gasteiger charge is -2.16. The van der Waals surface area contributed by atoms with E-state index in [1.165, 1.54) is 11.6 Å². The van der Waals surface area contributed by atoms with Gasteiger partial charge in [0.05, 0.1) is 5.52 Å². The zero-order valence-corrected chi connectivity index (χ0v) is 12.8. The largest absolute Gasteiger partial charge is 0.347 e. The zero-order chi connectivity index (χ0) is 15.0. The summed E-state index contributed by atoms with van der Waals surface area (Å²) in [6, 6.07) is 3.90. The van der Waals surface area contributed by atoms with E-state index in [1.54, 1.807) is 19.1 Å². The molecule has 0 saturated heterocycles. The van der Waals surface area contributed by atoms with Crippen LogP contribution in [0.2, 0.25) is 5.02 Å². The molecule has 0 bridgehead atoms. The molecule has 108 valence electrons. The average Bonchev–Trinajstić information content (AvgIpc) is 2.87. The van der Waals surface area contributed by atoms with E-state index in [0.29, 0.717) is 5.57 Å². The van der Waals surface area contributed by atoms with Crippen molar-refractivity contribution in [1.82, 2.24) is 4.57 Å². The van der Waals surface area contributed by atoms with Crippen LogP contribution in [-0.4, -0.2) is 4.57 Å². The first-order valence-corrected chi connectivity index (χ1v) is 7.50. The summed E-state index contributed by atoms with van der Waals surface area (Å²) < 4.78 is 16.4. The minimum absolute atomic E-state index is 0.232. The number of benzene rings is 1. The number of rotatable bonds is 3. The van der Waals surface area contributed by atoms with Crippen molar-refractivity contribution >= 4 is 28.1 Å². The van der Waals surface area contributed by atoms with Crippen LogP contribution in [0.4, 0.5) is 4.39 Å². The lowest BCUT2D eigenvalue weighted by molar-refractivity contribution is 0.635. The van der Waals surface area contributed by atoms with Crippen molar-refractivity contribution in [3.8, 4) is 0 Å². The van der Waals surface area contributed by atoms with Crippen molar-refractivity contribution in [2.24, 2.45) is 0 Å². The van der Waals surface area contributed by atoms with Gasteiger partial charge in [0.15, 0.2) is 0 Å². The monoisotopic (exact) mass is 301 g/mol. The summed E-state index contributed by atoms with van der Waals surface area (Å²) in [5.74, 6) is -0.232. The molecular formula is C18H17ClFN. The molecule has 1 aliphatic rings. The maximum absolute atomic E-state index is 14.2. The quantitative estimate of drug-likeness (QED) is 0.642. The van der Waals surface area contributed by atoms with Crippen LogP contribution in [0, 0.1) is 0 Å². The summed E-state index contributed by atoms with van der Waals surface area (Å²) in [5.41, 5.74) is 3.79. The third kappa shape index (κ3) is 2.24. The molecule has 1 aromatic carbocycles. The number of aryl methyl sites for hydroxylation is 2. The maximum atomic E-state index is 14.2. The van der Waals surface area contributed by atoms with E-state index in [9.17, 15) is 4.39 Å². The predicted octanol–water partition coefficient (Wildman–Crippen LogP) is 5.68. The number of hydrogen-bond acceptors (Lipinski definition) is 0. The van der Waals surface area contributed by atoms with Gasteiger partial charge in [-0.05, 0) is 31.4 Å². The van der Waals surface area contributed by atoms with E-state index in [-0.39, 0.29) is 5.83 Å². The van der Waals surface area contributed by atoms with Crippen LogP contribution in [0.25, 0.3) is 16.5 Å². The van der Waals surface area contributed by atoms with Crippen LogP contribution in [-0.2, 0) is 13.0 Å². The van der Waals surface area contributed by atoms with Crippen molar-refractivity contribution in [3.05, 3.63) is 65.1 Å². The third-order valence-electron chi connectivity index (χ3n) is 4.00. The number of halogens is 2. The maximum Gasteiger partial charge on any atom is 0.126 e. The Labute approximate surface area is 129 Å². The van der Waals surface area contributed by atoms with E-state index >= 15 is 0 Å². The Morgan fingerprint density at radius 1 is 1.43 bits per heavy atom. The molecule has 1 nitrogen and oxygen atoms in total. The summed E-state index contributed by atoms with van der Waals surface area (Å²) >= 11 is 6.32. The van der Waals surface area contributed by atoms with Gasteiger partial charge in [0.1, 0.15) is 5.83 Å². The molecule has 1 aromatic heterocycles.